The number of benzene rings is 2. The van der Waals surface area contributed by atoms with Gasteiger partial charge in [-0.05, 0) is 18.2 Å². The monoisotopic (exact) mass is 544 g/mol. The van der Waals surface area contributed by atoms with E-state index < -0.39 is 98.6 Å². The molecule has 1 saturated heterocycles. The first-order valence-corrected chi connectivity index (χ1v) is 11.7. The summed E-state index contributed by atoms with van der Waals surface area (Å²) in [4.78, 5) is 13.5. The third-order valence-electron chi connectivity index (χ3n) is 5.42. The number of aliphatic hydroxyl groups excluding tert-OH is 4. The molecule has 8 N–H and O–H groups in total. The number of phenolic OH excluding ortho intramolecular Hbond substituents is 3. The van der Waals surface area contributed by atoms with E-state index in [-0.39, 0.29) is 5.56 Å². The molecule has 16 heteroatoms. The van der Waals surface area contributed by atoms with Gasteiger partial charge in [0.1, 0.15) is 41.1 Å². The van der Waals surface area contributed by atoms with Crippen LogP contribution in [0.4, 0.5) is 0 Å². The molecule has 3 aromatic rings. The largest absolute Gasteiger partial charge is 0.508 e. The lowest BCUT2D eigenvalue weighted by molar-refractivity contribution is -0.277. The second-order valence-corrected chi connectivity index (χ2v) is 8.96. The topological polar surface area (TPSA) is 254 Å². The van der Waals surface area contributed by atoms with Gasteiger partial charge in [-0.15, -0.1) is 0 Å². The fourth-order valence-corrected chi connectivity index (χ4v) is 4.03. The Morgan fingerprint density at radius 1 is 0.946 bits per heavy atom. The summed E-state index contributed by atoms with van der Waals surface area (Å²) in [7, 11) is -5.19. The van der Waals surface area contributed by atoms with Crippen LogP contribution in [-0.2, 0) is 15.1 Å². The first-order valence-electron chi connectivity index (χ1n) is 10.3. The van der Waals surface area contributed by atoms with E-state index in [4.69, 9.17) is 18.4 Å². The Balaban J connectivity index is 1.97. The summed E-state index contributed by atoms with van der Waals surface area (Å²) in [6.45, 7) is -0.818. The van der Waals surface area contributed by atoms with Crippen molar-refractivity contribution in [2.45, 2.75) is 30.7 Å². The molecule has 0 spiro atoms. The van der Waals surface area contributed by atoms with Gasteiger partial charge >= 0.3 is 10.4 Å². The molecule has 1 aliphatic heterocycles. The van der Waals surface area contributed by atoms with E-state index in [2.05, 4.69) is 4.18 Å². The Bertz CT molecular complexity index is 1500. The van der Waals surface area contributed by atoms with Crippen molar-refractivity contribution in [3.8, 4) is 40.1 Å². The third kappa shape index (κ3) is 5.12. The number of rotatable bonds is 6. The van der Waals surface area contributed by atoms with Crippen LogP contribution in [0.2, 0.25) is 0 Å². The molecule has 200 valence electrons. The van der Waals surface area contributed by atoms with Gasteiger partial charge in [-0.25, -0.2) is 0 Å². The molecule has 5 atom stereocenters. The number of hydrogen-bond acceptors (Lipinski definition) is 14. The van der Waals surface area contributed by atoms with Gasteiger partial charge in [0.2, 0.25) is 17.5 Å². The van der Waals surface area contributed by atoms with Crippen molar-refractivity contribution in [3.05, 3.63) is 40.6 Å². The van der Waals surface area contributed by atoms with Gasteiger partial charge in [-0.3, -0.25) is 9.35 Å². The van der Waals surface area contributed by atoms with E-state index in [1.54, 1.807) is 0 Å². The van der Waals surface area contributed by atoms with Gasteiger partial charge in [-0.1, -0.05) is 0 Å². The third-order valence-corrected chi connectivity index (χ3v) is 5.81. The number of fused-ring (bicyclic) bond motifs is 1. The molecular weight excluding hydrogens is 524 g/mol. The molecule has 37 heavy (non-hydrogen) atoms. The number of ether oxygens (including phenoxy) is 2. The van der Waals surface area contributed by atoms with Crippen LogP contribution < -0.4 is 14.3 Å². The standard InChI is InChI=1S/C21H20O15S/c22-6-13-15(26)17(28)18(29)21(34-13)35-20-16(27)14-11(4-8(23)5-12(14)36-37(30,31)32)33-19(20)7-1-2-9(24)10(25)3-7/h1-5,13,15,17-18,21-26,28-29H,6H2,(H,30,31,32)/t13-,15-,17+,18-,21?/m1/s1. The maximum atomic E-state index is 13.5. The van der Waals surface area contributed by atoms with Gasteiger partial charge in [0.15, 0.2) is 23.0 Å². The minimum atomic E-state index is -5.19. The van der Waals surface area contributed by atoms with Crippen molar-refractivity contribution in [1.82, 2.24) is 0 Å². The molecule has 1 aromatic heterocycles. The van der Waals surface area contributed by atoms with Crippen molar-refractivity contribution >= 4 is 21.4 Å². The van der Waals surface area contributed by atoms with Crippen molar-refractivity contribution in [2.75, 3.05) is 6.61 Å². The first kappa shape index (κ1) is 26.4. The second-order valence-electron chi connectivity index (χ2n) is 7.94. The van der Waals surface area contributed by atoms with Crippen LogP contribution >= 0.6 is 0 Å². The van der Waals surface area contributed by atoms with Crippen molar-refractivity contribution in [3.63, 3.8) is 0 Å². The number of aromatic hydroxyl groups is 3. The van der Waals surface area contributed by atoms with Gasteiger partial charge < -0.3 is 53.8 Å². The Kier molecular flexibility index (Phi) is 6.91. The quantitative estimate of drug-likeness (QED) is 0.136. The number of phenols is 3. The fourth-order valence-electron chi connectivity index (χ4n) is 3.68. The average Bonchev–Trinajstić information content (AvgIpc) is 2.81. The van der Waals surface area contributed by atoms with E-state index >= 15 is 0 Å². The van der Waals surface area contributed by atoms with E-state index in [1.807, 2.05) is 0 Å². The molecule has 1 fully saturated rings. The highest BCUT2D eigenvalue weighted by Gasteiger charge is 2.45. The number of hydrogen-bond donors (Lipinski definition) is 8. The van der Waals surface area contributed by atoms with Gasteiger partial charge in [-0.2, -0.15) is 8.42 Å². The summed E-state index contributed by atoms with van der Waals surface area (Å²) >= 11 is 0. The fraction of sp³-hybridized carbons (Fsp3) is 0.286. The van der Waals surface area contributed by atoms with E-state index in [1.165, 1.54) is 6.07 Å². The summed E-state index contributed by atoms with van der Waals surface area (Å²) in [5.41, 5.74) is -1.78. The Morgan fingerprint density at radius 2 is 1.65 bits per heavy atom. The van der Waals surface area contributed by atoms with Crippen LogP contribution in [0.25, 0.3) is 22.3 Å². The molecule has 0 bridgehead atoms. The minimum absolute atomic E-state index is 0.102. The summed E-state index contributed by atoms with van der Waals surface area (Å²) in [6.07, 6.45) is -8.93. The Hall–Kier alpha value is -3.64. The molecule has 1 unspecified atom stereocenters. The highest BCUT2D eigenvalue weighted by atomic mass is 32.3. The summed E-state index contributed by atoms with van der Waals surface area (Å²) < 4.78 is 52.5. The predicted octanol–water partition coefficient (Wildman–Crippen LogP) is -1.06. The molecule has 0 amide bonds. The Morgan fingerprint density at radius 3 is 2.27 bits per heavy atom. The molecule has 2 aromatic carbocycles. The molecule has 15 nitrogen and oxygen atoms in total. The van der Waals surface area contributed by atoms with Gasteiger partial charge in [0, 0.05) is 17.7 Å². The summed E-state index contributed by atoms with van der Waals surface area (Å²) in [6, 6.07) is 4.74. The average molecular weight is 544 g/mol. The maximum Gasteiger partial charge on any atom is 0.446 e. The molecule has 0 aliphatic carbocycles. The van der Waals surface area contributed by atoms with Crippen molar-refractivity contribution < 1.29 is 66.8 Å². The lowest BCUT2D eigenvalue weighted by Crippen LogP contribution is -2.60. The molecule has 1 aliphatic rings. The Labute approximate surface area is 206 Å². The summed E-state index contributed by atoms with van der Waals surface area (Å²) in [5.74, 6) is -4.00. The smallest absolute Gasteiger partial charge is 0.446 e. The maximum absolute atomic E-state index is 13.5. The first-order chi connectivity index (χ1) is 17.3. The van der Waals surface area contributed by atoms with Crippen LogP contribution in [0.1, 0.15) is 0 Å². The van der Waals surface area contributed by atoms with Crippen LogP contribution in [0, 0.1) is 0 Å². The van der Waals surface area contributed by atoms with E-state index in [0.717, 1.165) is 18.2 Å². The molecule has 4 rings (SSSR count). The summed E-state index contributed by atoms with van der Waals surface area (Å²) in [5, 5.41) is 68.7. The molecule has 0 radical (unpaired) electrons. The van der Waals surface area contributed by atoms with Gasteiger partial charge in [0.25, 0.3) is 0 Å². The highest BCUT2D eigenvalue weighted by molar-refractivity contribution is 7.81. The lowest BCUT2D eigenvalue weighted by Gasteiger charge is -2.39. The van der Waals surface area contributed by atoms with Crippen LogP contribution in [0.5, 0.6) is 28.7 Å². The van der Waals surface area contributed by atoms with Crippen molar-refractivity contribution in [1.29, 1.82) is 0 Å². The molecular formula is C21H20O15S. The molecule has 2 heterocycles. The minimum Gasteiger partial charge on any atom is -0.508 e. The van der Waals surface area contributed by atoms with Crippen LogP contribution in [0.3, 0.4) is 0 Å². The SMILES string of the molecule is O=c1c(OC2O[C@H](CO)[C@@H](O)[C@H](O)[C@H]2O)c(-c2ccc(O)c(O)c2)oc2cc(O)cc(OS(=O)(=O)O)c12. The van der Waals surface area contributed by atoms with E-state index in [0.29, 0.717) is 6.07 Å². The zero-order valence-corrected chi connectivity index (χ0v) is 19.1. The zero-order valence-electron chi connectivity index (χ0n) is 18.3. The highest BCUT2D eigenvalue weighted by Crippen LogP contribution is 2.39. The lowest BCUT2D eigenvalue weighted by atomic mass is 9.99. The molecule has 0 saturated carbocycles. The second kappa shape index (κ2) is 9.67. The predicted molar refractivity (Wildman–Crippen MR) is 119 cm³/mol. The van der Waals surface area contributed by atoms with Crippen LogP contribution in [-0.4, -0.2) is 86.0 Å². The van der Waals surface area contributed by atoms with Gasteiger partial charge in [0.05, 0.1) is 6.61 Å². The van der Waals surface area contributed by atoms with E-state index in [9.17, 15) is 49.0 Å². The zero-order chi connectivity index (χ0) is 27.2. The number of aliphatic hydroxyl groups is 4. The normalized spacial score (nSPS) is 24.2. The van der Waals surface area contributed by atoms with Crippen molar-refractivity contribution in [2.24, 2.45) is 0 Å². The van der Waals surface area contributed by atoms with Crippen LogP contribution in [0.15, 0.2) is 39.5 Å².